The van der Waals surface area contributed by atoms with E-state index in [0.717, 1.165) is 11.1 Å². The van der Waals surface area contributed by atoms with Gasteiger partial charge < -0.3 is 25.2 Å². The minimum atomic E-state index is -0.218. The maximum Gasteiger partial charge on any atom is 0.267 e. The van der Waals surface area contributed by atoms with E-state index in [1.54, 1.807) is 49.8 Å². The monoisotopic (exact) mass is 484 g/mol. The van der Waals surface area contributed by atoms with Crippen molar-refractivity contribution in [2.75, 3.05) is 13.7 Å². The molecule has 0 fully saturated rings. The molecule has 0 atom stereocenters. The molecule has 10 nitrogen and oxygen atoms in total. The Balaban J connectivity index is 1.34. The molecule has 182 valence electrons. The van der Waals surface area contributed by atoms with Gasteiger partial charge >= 0.3 is 0 Å². The number of fused-ring (bicyclic) bond motifs is 1. The Labute approximate surface area is 205 Å². The second-order valence-corrected chi connectivity index (χ2v) is 8.24. The number of aryl methyl sites for hydroxylation is 1. The highest BCUT2D eigenvalue weighted by Crippen LogP contribution is 2.35. The summed E-state index contributed by atoms with van der Waals surface area (Å²) in [5.74, 6) is 0.806. The van der Waals surface area contributed by atoms with Gasteiger partial charge in [-0.15, -0.1) is 0 Å². The molecule has 10 heteroatoms. The van der Waals surface area contributed by atoms with Crippen molar-refractivity contribution in [3.8, 4) is 34.1 Å². The van der Waals surface area contributed by atoms with Gasteiger partial charge in [-0.2, -0.15) is 0 Å². The minimum absolute atomic E-state index is 0.0693. The van der Waals surface area contributed by atoms with Gasteiger partial charge in [0.1, 0.15) is 11.6 Å². The summed E-state index contributed by atoms with van der Waals surface area (Å²) in [5.41, 5.74) is 4.45. The predicted octanol–water partition coefficient (Wildman–Crippen LogP) is 3.39. The largest absolute Gasteiger partial charge is 0.507 e. The molecule has 0 bridgehead atoms. The van der Waals surface area contributed by atoms with Gasteiger partial charge in [0.2, 0.25) is 5.88 Å². The summed E-state index contributed by atoms with van der Waals surface area (Å²) in [6.45, 7) is 0.439. The summed E-state index contributed by atoms with van der Waals surface area (Å²) in [6.07, 6.45) is 4.49. The van der Waals surface area contributed by atoms with E-state index in [2.05, 4.69) is 30.5 Å². The van der Waals surface area contributed by atoms with Gasteiger partial charge in [-0.3, -0.25) is 14.7 Å². The first kappa shape index (κ1) is 22.9. The van der Waals surface area contributed by atoms with Crippen molar-refractivity contribution in [1.29, 1.82) is 0 Å². The SMILES string of the molecule is COc1ncccc1-c1ccc(O)c(-c2nc3ccc(C(=O)NCCCc4c[nH][nH]c4=O)cc3[nH]2)c1. The summed E-state index contributed by atoms with van der Waals surface area (Å²) in [7, 11) is 1.56. The van der Waals surface area contributed by atoms with E-state index in [4.69, 9.17) is 4.74 Å². The molecular formula is C26H24N6O4. The molecule has 0 unspecified atom stereocenters. The normalized spacial score (nSPS) is 11.0. The van der Waals surface area contributed by atoms with E-state index in [1.807, 2.05) is 18.2 Å². The second kappa shape index (κ2) is 9.79. The number of aromatic nitrogens is 5. The number of H-pyrrole nitrogens is 3. The lowest BCUT2D eigenvalue weighted by Gasteiger charge is -2.09. The van der Waals surface area contributed by atoms with Crippen LogP contribution in [0, 0.1) is 0 Å². The quantitative estimate of drug-likeness (QED) is 0.213. The highest BCUT2D eigenvalue weighted by molar-refractivity contribution is 5.97. The van der Waals surface area contributed by atoms with Gasteiger partial charge in [-0.25, -0.2) is 9.97 Å². The Morgan fingerprint density at radius 3 is 2.83 bits per heavy atom. The molecule has 0 spiro atoms. The van der Waals surface area contributed by atoms with Crippen molar-refractivity contribution in [1.82, 2.24) is 30.5 Å². The topological polar surface area (TPSA) is 149 Å². The molecule has 0 aliphatic carbocycles. The van der Waals surface area contributed by atoms with Gasteiger partial charge in [0, 0.05) is 35.6 Å². The zero-order chi connectivity index (χ0) is 25.1. The minimum Gasteiger partial charge on any atom is -0.507 e. The Morgan fingerprint density at radius 2 is 2.03 bits per heavy atom. The molecule has 5 aromatic rings. The third-order valence-electron chi connectivity index (χ3n) is 5.90. The molecule has 3 heterocycles. The number of hydrogen-bond donors (Lipinski definition) is 5. The number of imidazole rings is 1. The molecule has 1 amide bonds. The first-order chi connectivity index (χ1) is 17.5. The number of carbonyl (C=O) groups is 1. The van der Waals surface area contributed by atoms with Gasteiger partial charge in [0.15, 0.2) is 0 Å². The van der Waals surface area contributed by atoms with Gasteiger partial charge in [0.25, 0.3) is 11.5 Å². The average Bonchev–Trinajstić information content (AvgIpc) is 3.52. The van der Waals surface area contributed by atoms with Gasteiger partial charge in [-0.1, -0.05) is 6.07 Å². The predicted molar refractivity (Wildman–Crippen MR) is 135 cm³/mol. The van der Waals surface area contributed by atoms with Crippen molar-refractivity contribution in [2.45, 2.75) is 12.8 Å². The molecule has 5 N–H and O–H groups in total. The summed E-state index contributed by atoms with van der Waals surface area (Å²) < 4.78 is 5.37. The highest BCUT2D eigenvalue weighted by atomic mass is 16.5. The number of hydrogen-bond acceptors (Lipinski definition) is 6. The number of aromatic amines is 3. The summed E-state index contributed by atoms with van der Waals surface area (Å²) in [4.78, 5) is 36.2. The van der Waals surface area contributed by atoms with Gasteiger partial charge in [0.05, 0.1) is 23.7 Å². The fourth-order valence-electron chi connectivity index (χ4n) is 4.05. The summed E-state index contributed by atoms with van der Waals surface area (Å²) >= 11 is 0. The third kappa shape index (κ3) is 4.56. The number of carbonyl (C=O) groups excluding carboxylic acids is 1. The molecule has 0 aliphatic heterocycles. The van der Waals surface area contributed by atoms with Crippen LogP contribution < -0.4 is 15.6 Å². The number of nitrogens with one attached hydrogen (secondary N) is 4. The maximum absolute atomic E-state index is 12.6. The molecule has 36 heavy (non-hydrogen) atoms. The lowest BCUT2D eigenvalue weighted by molar-refractivity contribution is 0.0953. The van der Waals surface area contributed by atoms with E-state index < -0.39 is 0 Å². The molecule has 0 saturated carbocycles. The highest BCUT2D eigenvalue weighted by Gasteiger charge is 2.15. The lowest BCUT2D eigenvalue weighted by atomic mass is 10.0. The van der Waals surface area contributed by atoms with Crippen molar-refractivity contribution in [3.05, 3.63) is 82.4 Å². The van der Waals surface area contributed by atoms with Crippen LogP contribution in [-0.2, 0) is 6.42 Å². The fourth-order valence-corrected chi connectivity index (χ4v) is 4.05. The smallest absolute Gasteiger partial charge is 0.267 e. The number of ether oxygens (including phenoxy) is 1. The van der Waals surface area contributed by atoms with Gasteiger partial charge in [-0.05, 0) is 60.9 Å². The number of phenolic OH excluding ortho intramolecular Hbond substituents is 1. The Hall–Kier alpha value is -4.86. The third-order valence-corrected chi connectivity index (χ3v) is 5.90. The van der Waals surface area contributed by atoms with Crippen molar-refractivity contribution in [3.63, 3.8) is 0 Å². The van der Waals surface area contributed by atoms with E-state index in [9.17, 15) is 14.7 Å². The zero-order valence-corrected chi connectivity index (χ0v) is 19.5. The van der Waals surface area contributed by atoms with Crippen LogP contribution in [0.1, 0.15) is 22.3 Å². The number of phenols is 1. The molecule has 0 saturated heterocycles. The van der Waals surface area contributed by atoms with Crippen LogP contribution in [-0.4, -0.2) is 49.8 Å². The molecular weight excluding hydrogens is 460 g/mol. The van der Waals surface area contributed by atoms with E-state index in [1.165, 1.54) is 0 Å². The average molecular weight is 485 g/mol. The van der Waals surface area contributed by atoms with Crippen LogP contribution in [0.15, 0.2) is 65.7 Å². The number of nitrogens with zero attached hydrogens (tertiary/aromatic N) is 2. The first-order valence-electron chi connectivity index (χ1n) is 11.4. The van der Waals surface area contributed by atoms with Crippen LogP contribution in [0.5, 0.6) is 11.6 Å². The van der Waals surface area contributed by atoms with Crippen LogP contribution in [0.4, 0.5) is 0 Å². The van der Waals surface area contributed by atoms with Crippen molar-refractivity contribution >= 4 is 16.9 Å². The lowest BCUT2D eigenvalue weighted by Crippen LogP contribution is -2.25. The van der Waals surface area contributed by atoms with Crippen molar-refractivity contribution < 1.29 is 14.6 Å². The van der Waals surface area contributed by atoms with Crippen LogP contribution in [0.2, 0.25) is 0 Å². The number of pyridine rings is 1. The van der Waals surface area contributed by atoms with Crippen LogP contribution in [0.3, 0.4) is 0 Å². The zero-order valence-electron chi connectivity index (χ0n) is 19.5. The summed E-state index contributed by atoms with van der Waals surface area (Å²) in [6, 6.07) is 14.1. The fraction of sp³-hybridized carbons (Fsp3) is 0.154. The summed E-state index contributed by atoms with van der Waals surface area (Å²) in [5, 5.41) is 18.6. The first-order valence-corrected chi connectivity index (χ1v) is 11.4. The molecule has 0 radical (unpaired) electrons. The molecule has 3 aromatic heterocycles. The Morgan fingerprint density at radius 1 is 1.14 bits per heavy atom. The number of methoxy groups -OCH3 is 1. The molecule has 5 rings (SSSR count). The maximum atomic E-state index is 12.6. The van der Waals surface area contributed by atoms with E-state index in [0.29, 0.717) is 58.8 Å². The van der Waals surface area contributed by atoms with E-state index >= 15 is 0 Å². The Bertz CT molecular complexity index is 1600. The number of aromatic hydroxyl groups is 1. The standard InChI is InChI=1S/C26H24N6O4/c1-36-26-18(5-3-11-28-26)15-7-9-22(33)19(12-15)23-30-20-8-6-16(13-21(20)31-23)24(34)27-10-2-4-17-14-29-32-25(17)35/h3,5-9,11-14,33H,2,4,10H2,1H3,(H,27,34)(H,30,31)(H2,29,32,35). The number of rotatable bonds is 8. The molecule has 0 aliphatic rings. The number of amides is 1. The molecule has 2 aromatic carbocycles. The van der Waals surface area contributed by atoms with Crippen LogP contribution in [0.25, 0.3) is 33.5 Å². The Kier molecular flexibility index (Phi) is 6.23. The van der Waals surface area contributed by atoms with Crippen LogP contribution >= 0.6 is 0 Å². The van der Waals surface area contributed by atoms with Crippen molar-refractivity contribution in [2.24, 2.45) is 0 Å². The number of benzene rings is 2. The second-order valence-electron chi connectivity index (χ2n) is 8.24. The van der Waals surface area contributed by atoms with E-state index in [-0.39, 0.29) is 17.2 Å².